The van der Waals surface area contributed by atoms with Crippen LogP contribution in [-0.4, -0.2) is 34.3 Å². The predicted octanol–water partition coefficient (Wildman–Crippen LogP) is 5.62. The van der Waals surface area contributed by atoms with E-state index in [4.69, 9.17) is 0 Å². The lowest BCUT2D eigenvalue weighted by atomic mass is 10.1. The summed E-state index contributed by atoms with van der Waals surface area (Å²) < 4.78 is 28.1. The second kappa shape index (κ2) is 11.7. The standard InChI is InChI=1S/C28H30N4O3S2/c1-4-21-11-9-10-14-24(21)29-27(33)25(5-2)36-28-31-30-26(32(28)22-12-7-6-8-13-22)19-37(34,35)23-17-15-20(3)16-18-23/h6-18,25H,4-5,19H2,1-3H3,(H,29,33). The number of sulfone groups is 1. The number of benzene rings is 3. The second-order valence-electron chi connectivity index (χ2n) is 8.66. The van der Waals surface area contributed by atoms with Crippen LogP contribution in [0.1, 0.15) is 37.2 Å². The molecule has 192 valence electrons. The van der Waals surface area contributed by atoms with Gasteiger partial charge in [0.15, 0.2) is 20.8 Å². The number of aryl methyl sites for hydroxylation is 2. The Morgan fingerprint density at radius 1 is 0.946 bits per heavy atom. The molecule has 37 heavy (non-hydrogen) atoms. The molecule has 0 aliphatic carbocycles. The van der Waals surface area contributed by atoms with Crippen molar-refractivity contribution in [2.45, 2.75) is 54.7 Å². The normalized spacial score (nSPS) is 12.3. The lowest BCUT2D eigenvalue weighted by Crippen LogP contribution is -2.25. The van der Waals surface area contributed by atoms with Crippen molar-refractivity contribution in [1.82, 2.24) is 14.8 Å². The summed E-state index contributed by atoms with van der Waals surface area (Å²) in [5.74, 6) is -0.156. The molecule has 1 heterocycles. The molecule has 1 amide bonds. The average Bonchev–Trinajstić information content (AvgIpc) is 3.29. The van der Waals surface area contributed by atoms with E-state index in [0.717, 1.165) is 28.9 Å². The maximum absolute atomic E-state index is 13.2. The maximum Gasteiger partial charge on any atom is 0.237 e. The number of thioether (sulfide) groups is 1. The van der Waals surface area contributed by atoms with Gasteiger partial charge in [-0.25, -0.2) is 8.42 Å². The highest BCUT2D eigenvalue weighted by molar-refractivity contribution is 8.00. The van der Waals surface area contributed by atoms with Crippen molar-refractivity contribution in [3.8, 4) is 5.69 Å². The zero-order valence-electron chi connectivity index (χ0n) is 21.1. The van der Waals surface area contributed by atoms with Gasteiger partial charge in [-0.1, -0.05) is 79.7 Å². The van der Waals surface area contributed by atoms with Gasteiger partial charge < -0.3 is 5.32 Å². The lowest BCUT2D eigenvalue weighted by molar-refractivity contribution is -0.115. The Morgan fingerprint density at radius 2 is 1.62 bits per heavy atom. The molecule has 0 bridgehead atoms. The SMILES string of the molecule is CCc1ccccc1NC(=O)C(CC)Sc1nnc(CS(=O)(=O)c2ccc(C)cc2)n1-c1ccccc1. The van der Waals surface area contributed by atoms with Crippen LogP contribution in [0, 0.1) is 6.92 Å². The van der Waals surface area contributed by atoms with Crippen molar-refractivity contribution >= 4 is 33.2 Å². The quantitative estimate of drug-likeness (QED) is 0.265. The summed E-state index contributed by atoms with van der Waals surface area (Å²) in [7, 11) is -3.66. The number of hydrogen-bond donors (Lipinski definition) is 1. The van der Waals surface area contributed by atoms with Gasteiger partial charge in [0, 0.05) is 11.4 Å². The summed E-state index contributed by atoms with van der Waals surface area (Å²) >= 11 is 1.28. The molecule has 9 heteroatoms. The minimum Gasteiger partial charge on any atom is -0.325 e. The van der Waals surface area contributed by atoms with E-state index in [-0.39, 0.29) is 16.6 Å². The maximum atomic E-state index is 13.2. The first kappa shape index (κ1) is 26.6. The molecule has 1 N–H and O–H groups in total. The fourth-order valence-electron chi connectivity index (χ4n) is 3.92. The number of aromatic nitrogens is 3. The lowest BCUT2D eigenvalue weighted by Gasteiger charge is -2.17. The number of para-hydroxylation sites is 2. The van der Waals surface area contributed by atoms with Crippen LogP contribution < -0.4 is 5.32 Å². The Bertz CT molecular complexity index is 1470. The number of carbonyl (C=O) groups excluding carboxylic acids is 1. The van der Waals surface area contributed by atoms with Gasteiger partial charge in [0.2, 0.25) is 5.91 Å². The number of nitrogens with one attached hydrogen (secondary N) is 1. The monoisotopic (exact) mass is 534 g/mol. The van der Waals surface area contributed by atoms with E-state index in [9.17, 15) is 13.2 Å². The largest absolute Gasteiger partial charge is 0.325 e. The fraction of sp³-hybridized carbons (Fsp3) is 0.250. The predicted molar refractivity (Wildman–Crippen MR) is 148 cm³/mol. The van der Waals surface area contributed by atoms with Crippen LogP contribution in [0.15, 0.2) is 88.9 Å². The Balaban J connectivity index is 1.65. The molecule has 1 unspecified atom stereocenters. The number of nitrogens with zero attached hydrogens (tertiary/aromatic N) is 3. The van der Waals surface area contributed by atoms with Crippen molar-refractivity contribution in [2.24, 2.45) is 0 Å². The first-order valence-corrected chi connectivity index (χ1v) is 14.7. The Morgan fingerprint density at radius 3 is 2.30 bits per heavy atom. The zero-order chi connectivity index (χ0) is 26.4. The highest BCUT2D eigenvalue weighted by atomic mass is 32.2. The van der Waals surface area contributed by atoms with E-state index in [1.807, 2.05) is 75.4 Å². The summed E-state index contributed by atoms with van der Waals surface area (Å²) in [5.41, 5.74) is 3.57. The molecule has 7 nitrogen and oxygen atoms in total. The van der Waals surface area contributed by atoms with E-state index in [1.165, 1.54) is 11.8 Å². The number of rotatable bonds is 10. The topological polar surface area (TPSA) is 94.0 Å². The van der Waals surface area contributed by atoms with Crippen molar-refractivity contribution in [1.29, 1.82) is 0 Å². The molecule has 0 saturated carbocycles. The van der Waals surface area contributed by atoms with Crippen LogP contribution in [0.5, 0.6) is 0 Å². The second-order valence-corrected chi connectivity index (χ2v) is 11.8. The highest BCUT2D eigenvalue weighted by Gasteiger charge is 2.26. The average molecular weight is 535 g/mol. The molecule has 3 aromatic carbocycles. The van der Waals surface area contributed by atoms with Gasteiger partial charge in [0.1, 0.15) is 5.75 Å². The molecule has 1 aromatic heterocycles. The number of amides is 1. The first-order valence-electron chi connectivity index (χ1n) is 12.2. The number of carbonyl (C=O) groups is 1. The van der Waals surface area contributed by atoms with E-state index in [1.54, 1.807) is 28.8 Å². The third-order valence-corrected chi connectivity index (χ3v) is 8.92. The molecule has 4 rings (SSSR count). The van der Waals surface area contributed by atoms with Gasteiger partial charge in [-0.15, -0.1) is 10.2 Å². The van der Waals surface area contributed by atoms with Gasteiger partial charge in [-0.2, -0.15) is 0 Å². The Labute approximate surface area is 222 Å². The van der Waals surface area contributed by atoms with Gasteiger partial charge in [-0.3, -0.25) is 9.36 Å². The summed E-state index contributed by atoms with van der Waals surface area (Å²) in [6.45, 7) is 5.90. The van der Waals surface area contributed by atoms with Crippen LogP contribution in [0.25, 0.3) is 5.69 Å². The molecule has 0 saturated heterocycles. The van der Waals surface area contributed by atoms with Crippen LogP contribution in [0.4, 0.5) is 5.69 Å². The molecule has 4 aromatic rings. The van der Waals surface area contributed by atoms with Crippen LogP contribution in [0.2, 0.25) is 0 Å². The van der Waals surface area contributed by atoms with Gasteiger partial charge in [0.25, 0.3) is 0 Å². The van der Waals surface area contributed by atoms with Crippen LogP contribution >= 0.6 is 11.8 Å². The summed E-state index contributed by atoms with van der Waals surface area (Å²) in [5, 5.41) is 11.7. The molecule has 0 radical (unpaired) electrons. The van der Waals surface area contributed by atoms with E-state index >= 15 is 0 Å². The third-order valence-electron chi connectivity index (χ3n) is 5.98. The molecule has 0 fully saturated rings. The summed E-state index contributed by atoms with van der Waals surface area (Å²) in [6.07, 6.45) is 1.37. The van der Waals surface area contributed by atoms with E-state index in [0.29, 0.717) is 17.4 Å². The third kappa shape index (κ3) is 6.29. The molecule has 0 aliphatic heterocycles. The fourth-order valence-corrected chi connectivity index (χ4v) is 6.15. The van der Waals surface area contributed by atoms with Crippen LogP contribution in [-0.2, 0) is 26.8 Å². The Kier molecular flexibility index (Phi) is 8.45. The Hall–Kier alpha value is -3.43. The highest BCUT2D eigenvalue weighted by Crippen LogP contribution is 2.30. The van der Waals surface area contributed by atoms with Crippen molar-refractivity contribution in [3.63, 3.8) is 0 Å². The minimum atomic E-state index is -3.66. The summed E-state index contributed by atoms with van der Waals surface area (Å²) in [4.78, 5) is 13.5. The van der Waals surface area contributed by atoms with E-state index < -0.39 is 15.1 Å². The molecule has 0 aliphatic rings. The van der Waals surface area contributed by atoms with E-state index in [2.05, 4.69) is 15.5 Å². The number of hydrogen-bond acceptors (Lipinski definition) is 6. The molecule has 0 spiro atoms. The minimum absolute atomic E-state index is 0.134. The number of anilines is 1. The molecular formula is C28H30N4O3S2. The van der Waals surface area contributed by atoms with Crippen molar-refractivity contribution in [2.75, 3.05) is 5.32 Å². The summed E-state index contributed by atoms with van der Waals surface area (Å²) in [6, 6.07) is 23.9. The first-order chi connectivity index (χ1) is 17.8. The van der Waals surface area contributed by atoms with Gasteiger partial charge >= 0.3 is 0 Å². The molecular weight excluding hydrogens is 504 g/mol. The van der Waals surface area contributed by atoms with Gasteiger partial charge in [-0.05, 0) is 55.7 Å². The van der Waals surface area contributed by atoms with Crippen LogP contribution in [0.3, 0.4) is 0 Å². The zero-order valence-corrected chi connectivity index (χ0v) is 22.7. The van der Waals surface area contributed by atoms with Crippen molar-refractivity contribution in [3.05, 3.63) is 95.8 Å². The van der Waals surface area contributed by atoms with Crippen molar-refractivity contribution < 1.29 is 13.2 Å². The smallest absolute Gasteiger partial charge is 0.237 e. The molecule has 1 atom stereocenters. The van der Waals surface area contributed by atoms with Gasteiger partial charge in [0.05, 0.1) is 10.1 Å².